The molecule has 1 aromatic carbocycles. The van der Waals surface area contributed by atoms with E-state index in [-0.39, 0.29) is 0 Å². The van der Waals surface area contributed by atoms with E-state index in [1.165, 1.54) is 10.5 Å². The van der Waals surface area contributed by atoms with Crippen LogP contribution in [-0.2, 0) is 0 Å². The third-order valence-corrected chi connectivity index (χ3v) is 3.02. The van der Waals surface area contributed by atoms with Crippen LogP contribution in [0.25, 0.3) is 0 Å². The Morgan fingerprint density at radius 3 is 2.93 bits per heavy atom. The number of hydrogen-bond acceptors (Lipinski definition) is 1. The van der Waals surface area contributed by atoms with E-state index in [0.29, 0.717) is 12.5 Å². The number of aryl methyl sites for hydroxylation is 1. The second-order valence-corrected chi connectivity index (χ2v) is 4.19. The Balaban J connectivity index is 2.50. The lowest BCUT2D eigenvalue weighted by molar-refractivity contribution is 0.201. The summed E-state index contributed by atoms with van der Waals surface area (Å²) in [6.45, 7) is 4.79. The quantitative estimate of drug-likeness (QED) is 0.707. The average Bonchev–Trinajstić information content (AvgIpc) is 2.19. The molecule has 1 unspecified atom stereocenters. The van der Waals surface area contributed by atoms with Gasteiger partial charge in [0, 0.05) is 6.54 Å². The van der Waals surface area contributed by atoms with Crippen LogP contribution in [0.15, 0.2) is 18.2 Å². The highest BCUT2D eigenvalue weighted by Gasteiger charge is 2.25. The molecule has 1 aliphatic heterocycles. The fourth-order valence-electron chi connectivity index (χ4n) is 2.11. The number of carboxylic acid groups (broad SMARTS) is 1. The van der Waals surface area contributed by atoms with Gasteiger partial charge in [0.05, 0.1) is 5.69 Å². The zero-order chi connectivity index (χ0) is 11.0. The molecule has 0 radical (unpaired) electrons. The number of anilines is 1. The zero-order valence-corrected chi connectivity index (χ0v) is 9.03. The molecule has 0 saturated heterocycles. The van der Waals surface area contributed by atoms with E-state index in [1.54, 1.807) is 0 Å². The third kappa shape index (κ3) is 1.69. The summed E-state index contributed by atoms with van der Waals surface area (Å²) < 4.78 is 0. The topological polar surface area (TPSA) is 40.5 Å². The van der Waals surface area contributed by atoms with Crippen LogP contribution in [-0.4, -0.2) is 17.7 Å². The summed E-state index contributed by atoms with van der Waals surface area (Å²) in [5, 5.41) is 9.07. The Bertz CT molecular complexity index is 401. The number of benzene rings is 1. The molecule has 3 nitrogen and oxygen atoms in total. The molecule has 80 valence electrons. The van der Waals surface area contributed by atoms with E-state index in [4.69, 9.17) is 5.11 Å². The van der Waals surface area contributed by atoms with Crippen molar-refractivity contribution in [1.82, 2.24) is 0 Å². The van der Waals surface area contributed by atoms with Crippen molar-refractivity contribution in [3.8, 4) is 0 Å². The Morgan fingerprint density at radius 1 is 1.53 bits per heavy atom. The van der Waals surface area contributed by atoms with Crippen LogP contribution >= 0.6 is 0 Å². The monoisotopic (exact) mass is 205 g/mol. The van der Waals surface area contributed by atoms with Crippen LogP contribution in [0.4, 0.5) is 10.5 Å². The van der Waals surface area contributed by atoms with Crippen LogP contribution in [0.5, 0.6) is 0 Å². The Hall–Kier alpha value is -1.51. The van der Waals surface area contributed by atoms with Gasteiger partial charge in [0.15, 0.2) is 0 Å². The lowest BCUT2D eigenvalue weighted by atomic mass is 9.90. The van der Waals surface area contributed by atoms with Gasteiger partial charge in [-0.2, -0.15) is 0 Å². The van der Waals surface area contributed by atoms with Crippen LogP contribution < -0.4 is 4.90 Å². The van der Waals surface area contributed by atoms with E-state index in [2.05, 4.69) is 13.0 Å². The predicted molar refractivity (Wildman–Crippen MR) is 59.6 cm³/mol. The fraction of sp³-hybridized carbons (Fsp3) is 0.417. The first-order chi connectivity index (χ1) is 7.09. The fourth-order valence-corrected chi connectivity index (χ4v) is 2.11. The molecule has 1 N–H and O–H groups in total. The van der Waals surface area contributed by atoms with Gasteiger partial charge in [0.25, 0.3) is 0 Å². The smallest absolute Gasteiger partial charge is 0.411 e. The predicted octanol–water partition coefficient (Wildman–Crippen LogP) is 2.99. The Morgan fingerprint density at radius 2 is 2.27 bits per heavy atom. The van der Waals surface area contributed by atoms with E-state index in [9.17, 15) is 4.79 Å². The molecule has 1 aromatic rings. The second kappa shape index (κ2) is 3.57. The van der Waals surface area contributed by atoms with Crippen LogP contribution in [0.2, 0.25) is 0 Å². The van der Waals surface area contributed by atoms with Gasteiger partial charge in [-0.25, -0.2) is 4.79 Å². The molecule has 0 spiro atoms. The minimum Gasteiger partial charge on any atom is -0.465 e. The normalized spacial score (nSPS) is 19.9. The molecule has 1 aliphatic rings. The lowest BCUT2D eigenvalue weighted by Crippen LogP contribution is -2.35. The van der Waals surface area contributed by atoms with E-state index >= 15 is 0 Å². The highest BCUT2D eigenvalue weighted by atomic mass is 16.4. The van der Waals surface area contributed by atoms with Crippen molar-refractivity contribution in [2.75, 3.05) is 11.4 Å². The van der Waals surface area contributed by atoms with Gasteiger partial charge < -0.3 is 5.11 Å². The number of fused-ring (bicyclic) bond motifs is 1. The van der Waals surface area contributed by atoms with Gasteiger partial charge in [-0.05, 0) is 30.9 Å². The molecular weight excluding hydrogens is 190 g/mol. The first-order valence-corrected chi connectivity index (χ1v) is 5.20. The van der Waals surface area contributed by atoms with Gasteiger partial charge in [0.2, 0.25) is 0 Å². The minimum atomic E-state index is -0.855. The highest BCUT2D eigenvalue weighted by Crippen LogP contribution is 2.35. The molecule has 1 amide bonds. The summed E-state index contributed by atoms with van der Waals surface area (Å²) in [5.41, 5.74) is 3.20. The lowest BCUT2D eigenvalue weighted by Gasteiger charge is -2.31. The summed E-state index contributed by atoms with van der Waals surface area (Å²) in [6, 6.07) is 5.97. The molecular formula is C12H15NO2. The van der Waals surface area contributed by atoms with Gasteiger partial charge in [0.1, 0.15) is 0 Å². The maximum absolute atomic E-state index is 11.0. The standard InChI is InChI=1S/C12H15NO2/c1-8-3-4-11-10(7-8)9(2)5-6-13(11)12(14)15/h3-4,7,9H,5-6H2,1-2H3,(H,14,15). The molecule has 0 fully saturated rings. The number of carbonyl (C=O) groups is 1. The van der Waals surface area contributed by atoms with E-state index < -0.39 is 6.09 Å². The number of hydrogen-bond donors (Lipinski definition) is 1. The van der Waals surface area contributed by atoms with E-state index in [1.807, 2.05) is 19.1 Å². The molecule has 1 atom stereocenters. The van der Waals surface area contributed by atoms with Gasteiger partial charge in [-0.3, -0.25) is 4.90 Å². The van der Waals surface area contributed by atoms with Crippen LogP contribution in [0.1, 0.15) is 30.4 Å². The Labute approximate surface area is 89.3 Å². The molecule has 0 aliphatic carbocycles. The number of nitrogens with zero attached hydrogens (tertiary/aromatic N) is 1. The van der Waals surface area contributed by atoms with Crippen molar-refractivity contribution in [3.63, 3.8) is 0 Å². The van der Waals surface area contributed by atoms with Gasteiger partial charge in [-0.15, -0.1) is 0 Å². The summed E-state index contributed by atoms with van der Waals surface area (Å²) in [4.78, 5) is 12.5. The van der Waals surface area contributed by atoms with Crippen molar-refractivity contribution in [1.29, 1.82) is 0 Å². The average molecular weight is 205 g/mol. The second-order valence-electron chi connectivity index (χ2n) is 4.19. The van der Waals surface area contributed by atoms with Gasteiger partial charge in [-0.1, -0.05) is 24.6 Å². The zero-order valence-electron chi connectivity index (χ0n) is 9.03. The molecule has 1 heterocycles. The van der Waals surface area contributed by atoms with Crippen LogP contribution in [0.3, 0.4) is 0 Å². The summed E-state index contributed by atoms with van der Waals surface area (Å²) in [6.07, 6.45) is 0.0509. The van der Waals surface area contributed by atoms with Gasteiger partial charge >= 0.3 is 6.09 Å². The highest BCUT2D eigenvalue weighted by molar-refractivity contribution is 5.88. The number of amides is 1. The van der Waals surface area contributed by atoms with Crippen molar-refractivity contribution < 1.29 is 9.90 Å². The number of rotatable bonds is 0. The van der Waals surface area contributed by atoms with Crippen molar-refractivity contribution in [3.05, 3.63) is 29.3 Å². The first-order valence-electron chi connectivity index (χ1n) is 5.20. The molecule has 2 rings (SSSR count). The van der Waals surface area contributed by atoms with Crippen LogP contribution in [0, 0.1) is 6.92 Å². The van der Waals surface area contributed by atoms with Crippen molar-refractivity contribution in [2.45, 2.75) is 26.2 Å². The van der Waals surface area contributed by atoms with Crippen molar-refractivity contribution >= 4 is 11.8 Å². The van der Waals surface area contributed by atoms with E-state index in [0.717, 1.165) is 17.7 Å². The molecule has 3 heteroatoms. The largest absolute Gasteiger partial charge is 0.465 e. The molecule has 0 aromatic heterocycles. The summed E-state index contributed by atoms with van der Waals surface area (Å²) in [5.74, 6) is 0.454. The maximum Gasteiger partial charge on any atom is 0.411 e. The summed E-state index contributed by atoms with van der Waals surface area (Å²) >= 11 is 0. The maximum atomic E-state index is 11.0. The first kappa shape index (κ1) is 10.0. The SMILES string of the molecule is Cc1ccc2c(c1)C(C)CCN2C(=O)O. The van der Waals surface area contributed by atoms with Crippen molar-refractivity contribution in [2.24, 2.45) is 0 Å². The minimum absolute atomic E-state index is 0.454. The molecule has 0 bridgehead atoms. The molecule has 0 saturated carbocycles. The Kier molecular flexibility index (Phi) is 2.39. The molecule has 15 heavy (non-hydrogen) atoms. The summed E-state index contributed by atoms with van der Waals surface area (Å²) in [7, 11) is 0. The third-order valence-electron chi connectivity index (χ3n) is 3.02.